The van der Waals surface area contributed by atoms with Crippen LogP contribution >= 0.6 is 11.3 Å². The van der Waals surface area contributed by atoms with Crippen molar-refractivity contribution >= 4 is 32.9 Å². The SMILES string of the molecule is C=S1(=O)C[C@@](C)(c2ccc(-c3cccc(OC)c3)s2)N=C(N)N1C. The van der Waals surface area contributed by atoms with E-state index in [1.807, 2.05) is 37.3 Å². The van der Waals surface area contributed by atoms with Crippen molar-refractivity contribution in [3.63, 3.8) is 0 Å². The number of benzene rings is 1. The normalized spacial score (nSPS) is 27.0. The summed E-state index contributed by atoms with van der Waals surface area (Å²) in [4.78, 5) is 6.71. The Balaban J connectivity index is 2.01. The van der Waals surface area contributed by atoms with Gasteiger partial charge in [-0.05, 0) is 42.6 Å². The zero-order chi connectivity index (χ0) is 17.5. The fourth-order valence-electron chi connectivity index (χ4n) is 2.75. The van der Waals surface area contributed by atoms with Crippen molar-refractivity contribution in [2.24, 2.45) is 10.7 Å². The number of thiophene rings is 1. The van der Waals surface area contributed by atoms with Crippen LogP contribution in [0.4, 0.5) is 0 Å². The molecule has 1 aliphatic heterocycles. The Labute approximate surface area is 146 Å². The van der Waals surface area contributed by atoms with E-state index >= 15 is 0 Å². The molecular weight excluding hydrogens is 342 g/mol. The van der Waals surface area contributed by atoms with Gasteiger partial charge in [-0.1, -0.05) is 12.1 Å². The average molecular weight is 364 g/mol. The summed E-state index contributed by atoms with van der Waals surface area (Å²) >= 11 is 1.62. The lowest BCUT2D eigenvalue weighted by molar-refractivity contribution is 0.415. The van der Waals surface area contributed by atoms with E-state index in [1.54, 1.807) is 25.5 Å². The van der Waals surface area contributed by atoms with Crippen molar-refractivity contribution in [2.45, 2.75) is 12.5 Å². The highest BCUT2D eigenvalue weighted by atomic mass is 32.2. The molecule has 128 valence electrons. The van der Waals surface area contributed by atoms with Crippen molar-refractivity contribution in [3.8, 4) is 16.2 Å². The van der Waals surface area contributed by atoms with E-state index in [0.717, 1.165) is 21.1 Å². The second-order valence-corrected chi connectivity index (χ2v) is 9.52. The molecule has 2 heterocycles. The first-order valence-electron chi connectivity index (χ1n) is 7.44. The highest BCUT2D eigenvalue weighted by Gasteiger charge is 2.37. The molecule has 0 aliphatic carbocycles. The number of hydrogen-bond donors (Lipinski definition) is 1. The second-order valence-electron chi connectivity index (χ2n) is 6.05. The van der Waals surface area contributed by atoms with E-state index in [0.29, 0.717) is 5.75 Å². The minimum absolute atomic E-state index is 0.264. The molecule has 1 unspecified atom stereocenters. The molecule has 0 bridgehead atoms. The minimum atomic E-state index is -2.47. The van der Waals surface area contributed by atoms with Crippen LogP contribution in [0, 0.1) is 0 Å². The average Bonchev–Trinajstić information content (AvgIpc) is 3.03. The van der Waals surface area contributed by atoms with Gasteiger partial charge in [0.1, 0.15) is 11.3 Å². The predicted octanol–water partition coefficient (Wildman–Crippen LogP) is 2.53. The molecule has 0 saturated heterocycles. The van der Waals surface area contributed by atoms with Crippen LogP contribution in [0.1, 0.15) is 11.8 Å². The van der Waals surface area contributed by atoms with Crippen LogP contribution in [0.3, 0.4) is 0 Å². The van der Waals surface area contributed by atoms with Gasteiger partial charge in [-0.3, -0.25) is 4.31 Å². The van der Waals surface area contributed by atoms with E-state index in [4.69, 9.17) is 10.5 Å². The van der Waals surface area contributed by atoms with Gasteiger partial charge in [0.05, 0.1) is 22.6 Å². The summed E-state index contributed by atoms with van der Waals surface area (Å²) in [7, 11) is 0.856. The summed E-state index contributed by atoms with van der Waals surface area (Å²) in [6.45, 7) is 1.96. The van der Waals surface area contributed by atoms with E-state index in [-0.39, 0.29) is 5.96 Å². The van der Waals surface area contributed by atoms with Gasteiger partial charge in [0.2, 0.25) is 5.96 Å². The monoisotopic (exact) mass is 363 g/mol. The van der Waals surface area contributed by atoms with E-state index in [9.17, 15) is 4.21 Å². The smallest absolute Gasteiger partial charge is 0.203 e. The molecule has 2 aromatic rings. The Morgan fingerprint density at radius 3 is 2.83 bits per heavy atom. The van der Waals surface area contributed by atoms with E-state index in [2.05, 4.69) is 16.9 Å². The maximum absolute atomic E-state index is 12.7. The molecule has 24 heavy (non-hydrogen) atoms. The second kappa shape index (κ2) is 5.82. The highest BCUT2D eigenvalue weighted by molar-refractivity contribution is 7.98. The standard InChI is InChI=1S/C17H21N3O2S2/c1-17(11-24(4,21)20(2)16(18)19-17)15-9-8-14(23-15)12-6-5-7-13(10-12)22-3/h5-10H,4,11H2,1-3H3,(H2,18,19)/t17-,24?/m0/s1. The molecule has 2 atom stereocenters. The summed E-state index contributed by atoms with van der Waals surface area (Å²) < 4.78 is 19.5. The number of nitrogens with zero attached hydrogens (tertiary/aromatic N) is 2. The lowest BCUT2D eigenvalue weighted by Crippen LogP contribution is -2.50. The Morgan fingerprint density at radius 1 is 1.42 bits per heavy atom. The topological polar surface area (TPSA) is 67.9 Å². The molecule has 7 heteroatoms. The number of methoxy groups -OCH3 is 1. The molecular formula is C17H21N3O2S2. The van der Waals surface area contributed by atoms with Crippen molar-refractivity contribution < 1.29 is 8.95 Å². The molecule has 2 N–H and O–H groups in total. The molecule has 1 aromatic carbocycles. The molecule has 3 rings (SSSR count). The summed E-state index contributed by atoms with van der Waals surface area (Å²) in [5, 5.41) is 0. The predicted molar refractivity (Wildman–Crippen MR) is 103 cm³/mol. The van der Waals surface area contributed by atoms with Gasteiger partial charge in [0.15, 0.2) is 0 Å². The first-order chi connectivity index (χ1) is 11.2. The van der Waals surface area contributed by atoms with Crippen LogP contribution in [-0.2, 0) is 15.2 Å². The number of aliphatic imine (C=N–C) groups is 1. The Hall–Kier alpha value is -1.99. The third kappa shape index (κ3) is 2.89. The van der Waals surface area contributed by atoms with Gasteiger partial charge in [-0.25, -0.2) is 9.20 Å². The summed E-state index contributed by atoms with van der Waals surface area (Å²) in [6.07, 6.45) is 0. The summed E-state index contributed by atoms with van der Waals surface area (Å²) in [5.41, 5.74) is 6.42. The van der Waals surface area contributed by atoms with Gasteiger partial charge in [-0.2, -0.15) is 0 Å². The van der Waals surface area contributed by atoms with Crippen LogP contribution in [0.25, 0.3) is 10.4 Å². The first-order valence-corrected chi connectivity index (χ1v) is 10.1. The largest absolute Gasteiger partial charge is 0.497 e. The Morgan fingerprint density at radius 2 is 2.17 bits per heavy atom. The van der Waals surface area contributed by atoms with Crippen LogP contribution in [0.5, 0.6) is 5.75 Å². The number of guanidine groups is 1. The number of hydrogen-bond acceptors (Lipinski definition) is 5. The van der Waals surface area contributed by atoms with Crippen molar-refractivity contribution in [3.05, 3.63) is 41.3 Å². The maximum Gasteiger partial charge on any atom is 0.203 e. The minimum Gasteiger partial charge on any atom is -0.497 e. The molecule has 0 spiro atoms. The zero-order valence-electron chi connectivity index (χ0n) is 14.0. The number of nitrogens with two attached hydrogens (primary N) is 1. The molecule has 5 nitrogen and oxygen atoms in total. The molecule has 0 fully saturated rings. The maximum atomic E-state index is 12.7. The van der Waals surface area contributed by atoms with Gasteiger partial charge in [0.25, 0.3) is 0 Å². The van der Waals surface area contributed by atoms with Crippen LogP contribution < -0.4 is 10.5 Å². The molecule has 1 aromatic heterocycles. The Bertz CT molecular complexity index is 902. The quantitative estimate of drug-likeness (QED) is 0.852. The number of rotatable bonds is 3. The molecule has 1 aliphatic rings. The van der Waals surface area contributed by atoms with E-state index in [1.165, 1.54) is 4.31 Å². The Kier molecular flexibility index (Phi) is 4.09. The number of ether oxygens (including phenoxy) is 1. The zero-order valence-corrected chi connectivity index (χ0v) is 15.6. The van der Waals surface area contributed by atoms with Crippen LogP contribution in [-0.4, -0.2) is 40.3 Å². The van der Waals surface area contributed by atoms with Gasteiger partial charge >= 0.3 is 0 Å². The molecule has 0 saturated carbocycles. The van der Waals surface area contributed by atoms with Crippen molar-refractivity contribution in [2.75, 3.05) is 19.9 Å². The first kappa shape index (κ1) is 16.9. The van der Waals surface area contributed by atoms with Gasteiger partial charge in [-0.15, -0.1) is 11.3 Å². The fourth-order valence-corrected chi connectivity index (χ4v) is 5.60. The summed E-state index contributed by atoms with van der Waals surface area (Å²) in [6, 6.07) is 12.0. The molecule has 0 radical (unpaired) electrons. The third-order valence-electron chi connectivity index (χ3n) is 4.18. The highest BCUT2D eigenvalue weighted by Crippen LogP contribution is 2.39. The summed E-state index contributed by atoms with van der Waals surface area (Å²) in [5.74, 6) is 5.27. The van der Waals surface area contributed by atoms with Crippen LogP contribution in [0.2, 0.25) is 0 Å². The molecule has 0 amide bonds. The fraction of sp³-hybridized carbons (Fsp3) is 0.294. The van der Waals surface area contributed by atoms with E-state index < -0.39 is 15.2 Å². The lowest BCUT2D eigenvalue weighted by atomic mass is 10.0. The van der Waals surface area contributed by atoms with Crippen LogP contribution in [0.15, 0.2) is 41.4 Å². The van der Waals surface area contributed by atoms with Gasteiger partial charge < -0.3 is 10.5 Å². The van der Waals surface area contributed by atoms with Crippen molar-refractivity contribution in [1.82, 2.24) is 4.31 Å². The third-order valence-corrected chi connectivity index (χ3v) is 7.77. The van der Waals surface area contributed by atoms with Crippen molar-refractivity contribution in [1.29, 1.82) is 0 Å². The van der Waals surface area contributed by atoms with Gasteiger partial charge in [0, 0.05) is 16.8 Å². The lowest BCUT2D eigenvalue weighted by Gasteiger charge is -2.36.